The minimum absolute atomic E-state index is 0.0367. The zero-order chi connectivity index (χ0) is 17.6. The first-order chi connectivity index (χ1) is 12.1. The van der Waals surface area contributed by atoms with Crippen molar-refractivity contribution in [2.75, 3.05) is 12.8 Å². The molecule has 25 heavy (non-hydrogen) atoms. The second kappa shape index (κ2) is 7.94. The van der Waals surface area contributed by atoms with Crippen molar-refractivity contribution in [3.63, 3.8) is 0 Å². The average molecular weight is 356 g/mol. The van der Waals surface area contributed by atoms with Crippen LogP contribution in [0.25, 0.3) is 5.69 Å². The van der Waals surface area contributed by atoms with Gasteiger partial charge in [0.25, 0.3) is 0 Å². The largest absolute Gasteiger partial charge is 0.341 e. The molecule has 128 valence electrons. The van der Waals surface area contributed by atoms with Crippen LogP contribution in [0.4, 0.5) is 4.39 Å². The van der Waals surface area contributed by atoms with E-state index in [0.29, 0.717) is 11.7 Å². The summed E-state index contributed by atoms with van der Waals surface area (Å²) in [4.78, 5) is 18.1. The standard InChI is InChI=1S/C18H17FN4OS/c1-22(11-14-7-9-15(19)10-8-14)17(24)12-25-18-20-13-23(21-18)16-5-3-2-4-6-16/h2-10,13H,11-12H2,1H3. The molecular formula is C18H17FN4OS. The van der Waals surface area contributed by atoms with E-state index in [2.05, 4.69) is 10.1 Å². The Hall–Kier alpha value is -2.67. The summed E-state index contributed by atoms with van der Waals surface area (Å²) in [5, 5.41) is 4.91. The van der Waals surface area contributed by atoms with Gasteiger partial charge in [-0.05, 0) is 29.8 Å². The van der Waals surface area contributed by atoms with Crippen molar-refractivity contribution in [3.8, 4) is 5.69 Å². The van der Waals surface area contributed by atoms with Crippen LogP contribution in [0.15, 0.2) is 66.1 Å². The lowest BCUT2D eigenvalue weighted by Crippen LogP contribution is -2.27. The number of thioether (sulfide) groups is 1. The predicted molar refractivity (Wildman–Crippen MR) is 95.0 cm³/mol. The number of carbonyl (C=O) groups excluding carboxylic acids is 1. The van der Waals surface area contributed by atoms with Crippen LogP contribution in [-0.4, -0.2) is 38.4 Å². The maximum Gasteiger partial charge on any atom is 0.233 e. The average Bonchev–Trinajstić information content (AvgIpc) is 3.11. The number of para-hydroxylation sites is 1. The molecule has 1 amide bonds. The predicted octanol–water partition coefficient (Wildman–Crippen LogP) is 3.16. The minimum atomic E-state index is -0.284. The van der Waals surface area contributed by atoms with Gasteiger partial charge < -0.3 is 4.90 Å². The van der Waals surface area contributed by atoms with Crippen molar-refractivity contribution in [2.24, 2.45) is 0 Å². The fourth-order valence-corrected chi connectivity index (χ4v) is 2.95. The van der Waals surface area contributed by atoms with Crippen LogP contribution in [0.1, 0.15) is 5.56 Å². The summed E-state index contributed by atoms with van der Waals surface area (Å²) < 4.78 is 14.6. The molecule has 3 aromatic rings. The second-order valence-electron chi connectivity index (χ2n) is 5.47. The number of nitrogens with zero attached hydrogens (tertiary/aromatic N) is 4. The van der Waals surface area contributed by atoms with Gasteiger partial charge in [0.2, 0.25) is 11.1 Å². The Kier molecular flexibility index (Phi) is 5.45. The molecular weight excluding hydrogens is 339 g/mol. The van der Waals surface area contributed by atoms with Gasteiger partial charge in [0.1, 0.15) is 12.1 Å². The van der Waals surface area contributed by atoms with E-state index in [0.717, 1.165) is 11.3 Å². The molecule has 7 heteroatoms. The van der Waals surface area contributed by atoms with Crippen LogP contribution >= 0.6 is 11.8 Å². The van der Waals surface area contributed by atoms with E-state index in [1.165, 1.54) is 23.9 Å². The molecule has 0 aliphatic rings. The summed E-state index contributed by atoms with van der Waals surface area (Å²) in [6, 6.07) is 15.8. The second-order valence-corrected chi connectivity index (χ2v) is 6.41. The Morgan fingerprint density at radius 3 is 2.60 bits per heavy atom. The van der Waals surface area contributed by atoms with Gasteiger partial charge in [-0.15, -0.1) is 5.10 Å². The summed E-state index contributed by atoms with van der Waals surface area (Å²) in [6.07, 6.45) is 1.63. The molecule has 5 nitrogen and oxygen atoms in total. The Labute approximate surface area is 149 Å². The maximum atomic E-state index is 12.9. The quantitative estimate of drug-likeness (QED) is 0.637. The number of rotatable bonds is 6. The third-order valence-electron chi connectivity index (χ3n) is 3.58. The van der Waals surface area contributed by atoms with E-state index >= 15 is 0 Å². The number of aromatic nitrogens is 3. The molecule has 0 unspecified atom stereocenters. The van der Waals surface area contributed by atoms with Gasteiger partial charge in [0.15, 0.2) is 0 Å². The van der Waals surface area contributed by atoms with Gasteiger partial charge in [-0.3, -0.25) is 4.79 Å². The zero-order valence-corrected chi connectivity index (χ0v) is 14.5. The lowest BCUT2D eigenvalue weighted by atomic mass is 10.2. The number of carbonyl (C=O) groups is 1. The van der Waals surface area contributed by atoms with Gasteiger partial charge in [0, 0.05) is 13.6 Å². The molecule has 0 fully saturated rings. The highest BCUT2D eigenvalue weighted by Gasteiger charge is 2.12. The number of hydrogen-bond donors (Lipinski definition) is 0. The van der Waals surface area contributed by atoms with Crippen LogP contribution in [-0.2, 0) is 11.3 Å². The van der Waals surface area contributed by atoms with Crippen molar-refractivity contribution in [1.82, 2.24) is 19.7 Å². The van der Waals surface area contributed by atoms with Crippen molar-refractivity contribution in [1.29, 1.82) is 0 Å². The highest BCUT2D eigenvalue weighted by Crippen LogP contribution is 2.15. The first-order valence-electron chi connectivity index (χ1n) is 7.70. The van der Waals surface area contributed by atoms with Gasteiger partial charge in [-0.2, -0.15) is 0 Å². The normalized spacial score (nSPS) is 10.6. The zero-order valence-electron chi connectivity index (χ0n) is 13.7. The lowest BCUT2D eigenvalue weighted by Gasteiger charge is -2.16. The molecule has 0 bridgehead atoms. The fraction of sp³-hybridized carbons (Fsp3) is 0.167. The summed E-state index contributed by atoms with van der Waals surface area (Å²) in [5.41, 5.74) is 1.80. The highest BCUT2D eigenvalue weighted by molar-refractivity contribution is 7.99. The number of hydrogen-bond acceptors (Lipinski definition) is 4. The van der Waals surface area contributed by atoms with Gasteiger partial charge in [-0.25, -0.2) is 14.1 Å². The molecule has 0 aliphatic carbocycles. The first-order valence-corrected chi connectivity index (χ1v) is 8.68. The smallest absolute Gasteiger partial charge is 0.233 e. The lowest BCUT2D eigenvalue weighted by molar-refractivity contribution is -0.127. The summed E-state index contributed by atoms with van der Waals surface area (Å²) in [7, 11) is 1.72. The van der Waals surface area contributed by atoms with Gasteiger partial charge >= 0.3 is 0 Å². The third-order valence-corrected chi connectivity index (χ3v) is 4.41. The summed E-state index contributed by atoms with van der Waals surface area (Å²) in [6.45, 7) is 0.436. The van der Waals surface area contributed by atoms with Gasteiger partial charge in [0.05, 0.1) is 11.4 Å². The Morgan fingerprint density at radius 2 is 1.88 bits per heavy atom. The Morgan fingerprint density at radius 1 is 1.16 bits per heavy atom. The molecule has 0 saturated carbocycles. The summed E-state index contributed by atoms with van der Waals surface area (Å²) in [5.74, 6) is -0.0741. The molecule has 0 atom stereocenters. The molecule has 3 rings (SSSR count). The van der Waals surface area contributed by atoms with Crippen molar-refractivity contribution >= 4 is 17.7 Å². The Balaban J connectivity index is 1.53. The van der Waals surface area contributed by atoms with E-state index in [1.54, 1.807) is 35.1 Å². The van der Waals surface area contributed by atoms with E-state index in [9.17, 15) is 9.18 Å². The van der Waals surface area contributed by atoms with Crippen LogP contribution in [0.3, 0.4) is 0 Å². The minimum Gasteiger partial charge on any atom is -0.341 e. The van der Waals surface area contributed by atoms with E-state index in [-0.39, 0.29) is 17.5 Å². The van der Waals surface area contributed by atoms with Crippen LogP contribution in [0.2, 0.25) is 0 Å². The van der Waals surface area contributed by atoms with Crippen LogP contribution in [0, 0.1) is 5.82 Å². The topological polar surface area (TPSA) is 51.0 Å². The molecule has 0 aliphatic heterocycles. The number of amides is 1. The monoisotopic (exact) mass is 356 g/mol. The van der Waals surface area contributed by atoms with Crippen LogP contribution < -0.4 is 0 Å². The highest BCUT2D eigenvalue weighted by atomic mass is 32.2. The molecule has 0 radical (unpaired) electrons. The molecule has 0 N–H and O–H groups in total. The van der Waals surface area contributed by atoms with Crippen LogP contribution in [0.5, 0.6) is 0 Å². The van der Waals surface area contributed by atoms with Gasteiger partial charge in [-0.1, -0.05) is 42.1 Å². The molecule has 0 spiro atoms. The first kappa shape index (κ1) is 17.2. The van der Waals surface area contributed by atoms with E-state index < -0.39 is 0 Å². The van der Waals surface area contributed by atoms with E-state index in [4.69, 9.17) is 0 Å². The maximum absolute atomic E-state index is 12.9. The number of benzene rings is 2. The fourth-order valence-electron chi connectivity index (χ4n) is 2.21. The molecule has 0 saturated heterocycles. The van der Waals surface area contributed by atoms with Crippen molar-refractivity contribution < 1.29 is 9.18 Å². The number of halogens is 1. The summed E-state index contributed by atoms with van der Waals surface area (Å²) >= 11 is 1.29. The van der Waals surface area contributed by atoms with Crippen molar-refractivity contribution in [3.05, 3.63) is 72.3 Å². The molecule has 1 aromatic heterocycles. The molecule has 2 aromatic carbocycles. The SMILES string of the molecule is CN(Cc1ccc(F)cc1)C(=O)CSc1ncn(-c2ccccc2)n1. The van der Waals surface area contributed by atoms with E-state index in [1.807, 2.05) is 30.3 Å². The third kappa shape index (κ3) is 4.67. The Bertz CT molecular complexity index is 836. The van der Waals surface area contributed by atoms with Crippen molar-refractivity contribution in [2.45, 2.75) is 11.7 Å². The molecule has 1 heterocycles.